The molecule has 1 amide bonds. The van der Waals surface area contributed by atoms with E-state index in [9.17, 15) is 23.9 Å². The van der Waals surface area contributed by atoms with Gasteiger partial charge in [0, 0.05) is 18.2 Å². The van der Waals surface area contributed by atoms with Gasteiger partial charge in [-0.2, -0.15) is 0 Å². The quantitative estimate of drug-likeness (QED) is 0.318. The van der Waals surface area contributed by atoms with Crippen LogP contribution in [-0.4, -0.2) is 20.1 Å². The third-order valence-corrected chi connectivity index (χ3v) is 8.15. The number of aliphatic hydroxyl groups is 1. The van der Waals surface area contributed by atoms with Crippen LogP contribution in [0.2, 0.25) is 0 Å². The maximum Gasteiger partial charge on any atom is 0.335 e. The number of hydrogen-bond acceptors (Lipinski definition) is 4. The number of aromatic nitrogens is 2. The third-order valence-electron chi connectivity index (χ3n) is 8.15. The number of nitrogens with two attached hydrogens (primary N) is 1. The van der Waals surface area contributed by atoms with Gasteiger partial charge in [-0.15, -0.1) is 0 Å². The summed E-state index contributed by atoms with van der Waals surface area (Å²) in [5, 5.41) is 10.6. The molecule has 4 aromatic carbocycles. The number of amides is 1. The molecule has 1 aromatic heterocycles. The van der Waals surface area contributed by atoms with E-state index < -0.39 is 34.4 Å². The summed E-state index contributed by atoms with van der Waals surface area (Å²) >= 11 is 0. The van der Waals surface area contributed by atoms with Crippen molar-refractivity contribution >= 4 is 16.8 Å². The minimum atomic E-state index is -1.11. The van der Waals surface area contributed by atoms with Gasteiger partial charge in [0.15, 0.2) is 0 Å². The second kappa shape index (κ2) is 9.32. The Morgan fingerprint density at radius 1 is 0.952 bits per heavy atom. The van der Waals surface area contributed by atoms with Crippen molar-refractivity contribution in [3.8, 4) is 27.9 Å². The van der Waals surface area contributed by atoms with Gasteiger partial charge in [0.05, 0.1) is 22.2 Å². The first-order chi connectivity index (χ1) is 19.8. The van der Waals surface area contributed by atoms with E-state index in [2.05, 4.69) is 0 Å². The van der Waals surface area contributed by atoms with Crippen LogP contribution in [0.1, 0.15) is 46.5 Å². The molecule has 5 aromatic rings. The molecule has 1 aliphatic rings. The summed E-state index contributed by atoms with van der Waals surface area (Å²) < 4.78 is 32.7. The fourth-order valence-electron chi connectivity index (χ4n) is 6.04. The highest BCUT2D eigenvalue weighted by atomic mass is 19.1. The highest BCUT2D eigenvalue weighted by Crippen LogP contribution is 2.47. The number of carbonyl (C=O) groups excluding carboxylic acids is 1. The van der Waals surface area contributed by atoms with Crippen LogP contribution in [0.5, 0.6) is 0 Å². The van der Waals surface area contributed by atoms with Crippen molar-refractivity contribution in [2.24, 2.45) is 12.8 Å². The van der Waals surface area contributed by atoms with Crippen molar-refractivity contribution in [2.75, 3.05) is 0 Å². The number of rotatable bonds is 4. The molecule has 0 bridgehead atoms. The fourth-order valence-corrected chi connectivity index (χ4v) is 6.04. The SMILES string of the molecule is Cc1c(-c2c(F)cc(C(N)=O)c3c2-c2ccc(C(C)(C)O)cc2C3)cccc1-n1c(=O)c2cccc(F)c2n(C)c1=O. The average Bonchev–Trinajstić information content (AvgIpc) is 3.30. The van der Waals surface area contributed by atoms with E-state index in [0.29, 0.717) is 39.8 Å². The number of benzene rings is 4. The maximum absolute atomic E-state index is 16.1. The summed E-state index contributed by atoms with van der Waals surface area (Å²) in [7, 11) is 1.39. The summed E-state index contributed by atoms with van der Waals surface area (Å²) in [6.45, 7) is 5.01. The lowest BCUT2D eigenvalue weighted by Gasteiger charge is -2.20. The van der Waals surface area contributed by atoms with Gasteiger partial charge in [0.2, 0.25) is 5.91 Å². The fraction of sp³-hybridized carbons (Fsp3) is 0.182. The summed E-state index contributed by atoms with van der Waals surface area (Å²) in [6.07, 6.45) is 0.301. The average molecular weight is 568 g/mol. The topological polar surface area (TPSA) is 107 Å². The van der Waals surface area contributed by atoms with Crippen LogP contribution >= 0.6 is 0 Å². The summed E-state index contributed by atoms with van der Waals surface area (Å²) in [6, 6.07) is 15.4. The van der Waals surface area contributed by atoms with Gasteiger partial charge in [0.25, 0.3) is 5.56 Å². The lowest BCUT2D eigenvalue weighted by atomic mass is 9.88. The Labute approximate surface area is 239 Å². The monoisotopic (exact) mass is 567 g/mol. The zero-order chi connectivity index (χ0) is 30.2. The molecule has 0 saturated heterocycles. The van der Waals surface area contributed by atoms with E-state index in [-0.39, 0.29) is 27.7 Å². The highest BCUT2D eigenvalue weighted by molar-refractivity contribution is 6.02. The number of primary amides is 1. The van der Waals surface area contributed by atoms with E-state index in [1.165, 1.54) is 25.2 Å². The van der Waals surface area contributed by atoms with Crippen LogP contribution in [0.4, 0.5) is 8.78 Å². The van der Waals surface area contributed by atoms with Gasteiger partial charge in [-0.1, -0.05) is 36.4 Å². The maximum atomic E-state index is 16.1. The van der Waals surface area contributed by atoms with Crippen molar-refractivity contribution in [1.29, 1.82) is 0 Å². The first-order valence-corrected chi connectivity index (χ1v) is 13.3. The zero-order valence-corrected chi connectivity index (χ0v) is 23.4. The largest absolute Gasteiger partial charge is 0.386 e. The van der Waals surface area contributed by atoms with Crippen molar-refractivity contribution in [3.63, 3.8) is 0 Å². The number of halogens is 2. The Balaban J connectivity index is 1.65. The third kappa shape index (κ3) is 3.92. The molecule has 6 rings (SSSR count). The lowest BCUT2D eigenvalue weighted by molar-refractivity contribution is 0.0785. The molecule has 0 unspecified atom stereocenters. The molecule has 42 heavy (non-hydrogen) atoms. The van der Waals surface area contributed by atoms with Gasteiger partial charge in [-0.05, 0) is 90.4 Å². The van der Waals surface area contributed by atoms with E-state index in [1.54, 1.807) is 51.1 Å². The molecule has 1 aliphatic carbocycles. The number of aryl methyl sites for hydroxylation is 1. The molecule has 0 spiro atoms. The first-order valence-electron chi connectivity index (χ1n) is 13.3. The summed E-state index contributed by atoms with van der Waals surface area (Å²) in [4.78, 5) is 39.4. The molecule has 3 N–H and O–H groups in total. The zero-order valence-electron chi connectivity index (χ0n) is 23.4. The Morgan fingerprint density at radius 2 is 1.67 bits per heavy atom. The molecule has 212 valence electrons. The highest BCUT2D eigenvalue weighted by Gasteiger charge is 2.31. The number of carbonyl (C=O) groups is 1. The molecule has 0 atom stereocenters. The Morgan fingerprint density at radius 3 is 2.36 bits per heavy atom. The summed E-state index contributed by atoms with van der Waals surface area (Å²) in [5.41, 5.74) is 7.50. The number of fused-ring (bicyclic) bond motifs is 4. The molecule has 1 heterocycles. The second-order valence-corrected chi connectivity index (χ2v) is 11.2. The molecular formula is C33H27F2N3O4. The van der Waals surface area contributed by atoms with Crippen LogP contribution in [0.15, 0.2) is 70.3 Å². The van der Waals surface area contributed by atoms with E-state index in [0.717, 1.165) is 20.8 Å². The van der Waals surface area contributed by atoms with Gasteiger partial charge in [-0.3, -0.25) is 14.2 Å². The minimum Gasteiger partial charge on any atom is -0.386 e. The molecular weight excluding hydrogens is 540 g/mol. The van der Waals surface area contributed by atoms with E-state index in [4.69, 9.17) is 5.73 Å². The lowest BCUT2D eigenvalue weighted by Crippen LogP contribution is -2.38. The van der Waals surface area contributed by atoms with Crippen LogP contribution in [-0.2, 0) is 19.1 Å². The summed E-state index contributed by atoms with van der Waals surface area (Å²) in [5.74, 6) is -2.15. The normalized spacial score (nSPS) is 12.5. The first kappa shape index (κ1) is 27.3. The predicted molar refractivity (Wildman–Crippen MR) is 157 cm³/mol. The standard InChI is InChI=1S/C33H27F2N3O4/c1-16-19(7-6-10-26(16)38-31(40)21-8-5-9-24(34)29(21)37(4)32(38)41)28-25(35)15-23(30(36)39)22-14-17-13-18(33(2,3)42)11-12-20(17)27(22)28/h5-13,15,42H,14H2,1-4H3,(H2,36,39). The smallest absolute Gasteiger partial charge is 0.335 e. The second-order valence-electron chi connectivity index (χ2n) is 11.2. The minimum absolute atomic E-state index is 0.0244. The number of hydrogen-bond donors (Lipinski definition) is 2. The van der Waals surface area contributed by atoms with Gasteiger partial charge >= 0.3 is 5.69 Å². The molecule has 0 radical (unpaired) electrons. The van der Waals surface area contributed by atoms with E-state index in [1.807, 2.05) is 6.07 Å². The Hall–Kier alpha value is -4.89. The molecule has 0 saturated carbocycles. The van der Waals surface area contributed by atoms with Crippen LogP contribution in [0, 0.1) is 18.6 Å². The number of para-hydroxylation sites is 1. The predicted octanol–water partition coefficient (Wildman–Crippen LogP) is 4.84. The van der Waals surface area contributed by atoms with Crippen LogP contribution in [0.3, 0.4) is 0 Å². The van der Waals surface area contributed by atoms with Crippen molar-refractivity contribution in [3.05, 3.63) is 121 Å². The number of nitrogens with zero attached hydrogens (tertiary/aromatic N) is 2. The molecule has 0 aliphatic heterocycles. The van der Waals surface area contributed by atoms with E-state index >= 15 is 4.39 Å². The van der Waals surface area contributed by atoms with Crippen LogP contribution in [0.25, 0.3) is 38.8 Å². The Bertz CT molecular complexity index is 2120. The van der Waals surface area contributed by atoms with Gasteiger partial charge in [0.1, 0.15) is 11.6 Å². The molecule has 9 heteroatoms. The Kier molecular flexibility index (Phi) is 6.06. The molecule has 0 fully saturated rings. The molecule has 7 nitrogen and oxygen atoms in total. The van der Waals surface area contributed by atoms with Crippen molar-refractivity contribution < 1.29 is 18.7 Å². The van der Waals surface area contributed by atoms with Gasteiger partial charge < -0.3 is 10.8 Å². The van der Waals surface area contributed by atoms with Crippen molar-refractivity contribution in [1.82, 2.24) is 9.13 Å². The van der Waals surface area contributed by atoms with Crippen LogP contribution < -0.4 is 17.0 Å². The van der Waals surface area contributed by atoms with Gasteiger partial charge in [-0.25, -0.2) is 18.1 Å². The van der Waals surface area contributed by atoms with Crippen molar-refractivity contribution in [2.45, 2.75) is 32.8 Å².